The van der Waals surface area contributed by atoms with Crippen LogP contribution in [0.5, 0.6) is 0 Å². The Labute approximate surface area is 108 Å². The Morgan fingerprint density at radius 1 is 1.42 bits per heavy atom. The first-order chi connectivity index (χ1) is 8.81. The van der Waals surface area contributed by atoms with Crippen molar-refractivity contribution in [2.75, 3.05) is 13.2 Å². The smallest absolute Gasteiger partial charge is 0.381 e. The van der Waals surface area contributed by atoms with Gasteiger partial charge in [0.15, 0.2) is 5.96 Å². The Hall–Kier alpha value is -1.28. The molecule has 5 N–H and O–H groups in total. The van der Waals surface area contributed by atoms with Crippen molar-refractivity contribution in [2.24, 2.45) is 22.4 Å². The fourth-order valence-corrected chi connectivity index (χ4v) is 2.45. The Morgan fingerprint density at radius 3 is 2.63 bits per heavy atom. The van der Waals surface area contributed by atoms with E-state index in [-0.39, 0.29) is 18.3 Å². The summed E-state index contributed by atoms with van der Waals surface area (Å²) in [7, 11) is 0. The molecular weight excluding hydrogens is 261 g/mol. The van der Waals surface area contributed by atoms with E-state index in [9.17, 15) is 13.2 Å². The van der Waals surface area contributed by atoms with Crippen LogP contribution in [0.25, 0.3) is 0 Å². The van der Waals surface area contributed by atoms with Crippen LogP contribution in [0.15, 0.2) is 16.8 Å². The minimum atomic E-state index is -4.53. The van der Waals surface area contributed by atoms with Gasteiger partial charge in [-0.1, -0.05) is 0 Å². The van der Waals surface area contributed by atoms with E-state index in [2.05, 4.69) is 10.3 Å². The molecular formula is C11H17F3N4O. The van der Waals surface area contributed by atoms with Gasteiger partial charge in [-0.3, -0.25) is 0 Å². The zero-order valence-corrected chi connectivity index (χ0v) is 10.3. The highest BCUT2D eigenvalue weighted by Gasteiger charge is 2.48. The van der Waals surface area contributed by atoms with Gasteiger partial charge in [0.25, 0.3) is 0 Å². The standard InChI is InChI=1S/C11H17F3N4O/c12-11(13,14)8-6-17-9(15)18-10(8,16)5-7-1-3-19-4-2-7/h6-7H,1-5,16H2,(H3,15,17,18). The first-order valence-corrected chi connectivity index (χ1v) is 6.07. The number of nitrogens with one attached hydrogen (secondary N) is 1. The van der Waals surface area contributed by atoms with E-state index < -0.39 is 17.4 Å². The van der Waals surface area contributed by atoms with Crippen LogP contribution in [0.4, 0.5) is 13.2 Å². The summed E-state index contributed by atoms with van der Waals surface area (Å²) in [6.07, 6.45) is -2.23. The van der Waals surface area contributed by atoms with Crippen molar-refractivity contribution in [1.82, 2.24) is 5.32 Å². The summed E-state index contributed by atoms with van der Waals surface area (Å²) in [5.41, 5.74) is 8.62. The van der Waals surface area contributed by atoms with Gasteiger partial charge in [-0.15, -0.1) is 0 Å². The highest BCUT2D eigenvalue weighted by molar-refractivity contribution is 5.81. The lowest BCUT2D eigenvalue weighted by Gasteiger charge is -2.36. The third kappa shape index (κ3) is 3.19. The van der Waals surface area contributed by atoms with Gasteiger partial charge in [-0.2, -0.15) is 13.2 Å². The summed E-state index contributed by atoms with van der Waals surface area (Å²) in [6, 6.07) is 0. The number of hydrogen-bond acceptors (Lipinski definition) is 5. The number of aliphatic imine (C=N–C) groups is 1. The molecule has 2 heterocycles. The molecule has 0 aliphatic carbocycles. The van der Waals surface area contributed by atoms with Crippen LogP contribution >= 0.6 is 0 Å². The maximum atomic E-state index is 13.0. The molecule has 0 aromatic rings. The quantitative estimate of drug-likeness (QED) is 0.698. The van der Waals surface area contributed by atoms with E-state index in [1.54, 1.807) is 0 Å². The molecule has 2 aliphatic heterocycles. The van der Waals surface area contributed by atoms with Gasteiger partial charge in [0.1, 0.15) is 5.66 Å². The molecule has 1 fully saturated rings. The highest BCUT2D eigenvalue weighted by Crippen LogP contribution is 2.39. The third-order valence-electron chi connectivity index (χ3n) is 3.40. The van der Waals surface area contributed by atoms with Gasteiger partial charge in [-0.05, 0) is 25.2 Å². The van der Waals surface area contributed by atoms with Crippen molar-refractivity contribution in [3.05, 3.63) is 11.8 Å². The lowest BCUT2D eigenvalue weighted by atomic mass is 9.85. The lowest BCUT2D eigenvalue weighted by molar-refractivity contribution is -0.103. The number of hydrogen-bond donors (Lipinski definition) is 3. The molecule has 8 heteroatoms. The number of halogens is 3. The minimum Gasteiger partial charge on any atom is -0.381 e. The fourth-order valence-electron chi connectivity index (χ4n) is 2.45. The summed E-state index contributed by atoms with van der Waals surface area (Å²) in [4.78, 5) is 3.79. The number of rotatable bonds is 2. The molecule has 1 unspecified atom stereocenters. The van der Waals surface area contributed by atoms with Crippen LogP contribution in [0.2, 0.25) is 0 Å². The van der Waals surface area contributed by atoms with E-state index in [0.29, 0.717) is 26.1 Å². The van der Waals surface area contributed by atoms with Gasteiger partial charge in [0, 0.05) is 19.4 Å². The molecule has 0 bridgehead atoms. The van der Waals surface area contributed by atoms with Gasteiger partial charge >= 0.3 is 6.18 Å². The molecule has 0 amide bonds. The van der Waals surface area contributed by atoms with Crippen molar-refractivity contribution < 1.29 is 17.9 Å². The van der Waals surface area contributed by atoms with E-state index in [0.717, 1.165) is 6.20 Å². The number of alkyl halides is 3. The third-order valence-corrected chi connectivity index (χ3v) is 3.40. The summed E-state index contributed by atoms with van der Waals surface area (Å²) in [5, 5.41) is 2.27. The molecule has 108 valence electrons. The minimum absolute atomic E-state index is 0.0548. The maximum absolute atomic E-state index is 13.0. The molecule has 0 saturated carbocycles. The predicted molar refractivity (Wildman–Crippen MR) is 64.0 cm³/mol. The number of nitrogens with two attached hydrogens (primary N) is 2. The zero-order chi connectivity index (χ0) is 14.1. The average Bonchev–Trinajstić information content (AvgIpc) is 2.27. The van der Waals surface area contributed by atoms with Crippen LogP contribution in [-0.4, -0.2) is 31.0 Å². The number of guanidine groups is 1. The predicted octanol–water partition coefficient (Wildman–Crippen LogP) is 0.822. The molecule has 0 spiro atoms. The van der Waals surface area contributed by atoms with Crippen LogP contribution in [0, 0.1) is 5.92 Å². The van der Waals surface area contributed by atoms with Crippen molar-refractivity contribution >= 4 is 5.96 Å². The molecule has 1 atom stereocenters. The number of ether oxygens (including phenoxy) is 1. The molecule has 5 nitrogen and oxygen atoms in total. The fraction of sp³-hybridized carbons (Fsp3) is 0.727. The van der Waals surface area contributed by atoms with Crippen molar-refractivity contribution in [2.45, 2.75) is 31.1 Å². The van der Waals surface area contributed by atoms with Gasteiger partial charge < -0.3 is 21.5 Å². The van der Waals surface area contributed by atoms with Gasteiger partial charge in [0.05, 0.1) is 5.57 Å². The Bertz CT molecular complexity index is 401. The first-order valence-electron chi connectivity index (χ1n) is 6.07. The van der Waals surface area contributed by atoms with E-state index in [1.807, 2.05) is 0 Å². The first kappa shape index (κ1) is 14.1. The largest absolute Gasteiger partial charge is 0.417 e. The van der Waals surface area contributed by atoms with Crippen LogP contribution in [0.1, 0.15) is 19.3 Å². The normalized spacial score (nSPS) is 29.5. The maximum Gasteiger partial charge on any atom is 0.417 e. The van der Waals surface area contributed by atoms with Crippen molar-refractivity contribution in [3.8, 4) is 0 Å². The second-order valence-corrected chi connectivity index (χ2v) is 4.88. The molecule has 0 aromatic carbocycles. The summed E-state index contributed by atoms with van der Waals surface area (Å²) < 4.78 is 44.2. The Kier molecular flexibility index (Phi) is 3.73. The molecule has 0 radical (unpaired) electrons. The summed E-state index contributed by atoms with van der Waals surface area (Å²) in [5.74, 6) is -0.0401. The van der Waals surface area contributed by atoms with Crippen molar-refractivity contribution in [3.63, 3.8) is 0 Å². The SMILES string of the molecule is NC1=NC(N)(CC2CCOCC2)C(C(F)(F)F)=CN1. The molecule has 2 aliphatic rings. The second-order valence-electron chi connectivity index (χ2n) is 4.88. The van der Waals surface area contributed by atoms with Crippen LogP contribution < -0.4 is 16.8 Å². The molecule has 1 saturated heterocycles. The molecule has 19 heavy (non-hydrogen) atoms. The molecule has 0 aromatic heterocycles. The Morgan fingerprint density at radius 2 is 2.05 bits per heavy atom. The highest BCUT2D eigenvalue weighted by atomic mass is 19.4. The van der Waals surface area contributed by atoms with E-state index >= 15 is 0 Å². The number of nitrogens with zero attached hydrogens (tertiary/aromatic N) is 1. The van der Waals surface area contributed by atoms with E-state index in [1.165, 1.54) is 0 Å². The zero-order valence-electron chi connectivity index (χ0n) is 10.3. The van der Waals surface area contributed by atoms with Gasteiger partial charge in [-0.25, -0.2) is 4.99 Å². The summed E-state index contributed by atoms with van der Waals surface area (Å²) >= 11 is 0. The van der Waals surface area contributed by atoms with Crippen LogP contribution in [-0.2, 0) is 4.74 Å². The summed E-state index contributed by atoms with van der Waals surface area (Å²) in [6.45, 7) is 1.09. The van der Waals surface area contributed by atoms with Crippen molar-refractivity contribution in [1.29, 1.82) is 0 Å². The van der Waals surface area contributed by atoms with E-state index in [4.69, 9.17) is 16.2 Å². The molecule has 2 rings (SSSR count). The second kappa shape index (κ2) is 5.01. The topological polar surface area (TPSA) is 85.7 Å². The monoisotopic (exact) mass is 278 g/mol. The average molecular weight is 278 g/mol. The lowest BCUT2D eigenvalue weighted by Crippen LogP contribution is -2.52. The van der Waals surface area contributed by atoms with Gasteiger partial charge in [0.2, 0.25) is 0 Å². The Balaban J connectivity index is 2.20. The van der Waals surface area contributed by atoms with Crippen LogP contribution in [0.3, 0.4) is 0 Å².